The van der Waals surface area contributed by atoms with Crippen molar-refractivity contribution in [3.8, 4) is 0 Å². The standard InChI is InChI=1S/C14H23N3O4/c1-14(2)5-3-4-10(14)16-13(21)17-7-6-15-12(20)9(17)8-11(18)19/h9-10H,3-8H2,1-2H3,(H,15,20)(H,16,21)(H,18,19). The number of urea groups is 1. The van der Waals surface area contributed by atoms with Crippen molar-refractivity contribution in [3.63, 3.8) is 0 Å². The molecule has 3 N–H and O–H groups in total. The van der Waals surface area contributed by atoms with Gasteiger partial charge in [-0.1, -0.05) is 20.3 Å². The number of nitrogens with zero attached hydrogens (tertiary/aromatic N) is 1. The fourth-order valence-corrected chi connectivity index (χ4v) is 3.15. The Kier molecular flexibility index (Phi) is 4.39. The van der Waals surface area contributed by atoms with Crippen molar-refractivity contribution >= 4 is 17.9 Å². The second-order valence-electron chi connectivity index (χ2n) is 6.48. The maximum Gasteiger partial charge on any atom is 0.318 e. The molecule has 0 aromatic rings. The lowest BCUT2D eigenvalue weighted by atomic mass is 9.87. The Morgan fingerprint density at radius 1 is 1.48 bits per heavy atom. The van der Waals surface area contributed by atoms with Crippen molar-refractivity contribution in [1.29, 1.82) is 0 Å². The highest BCUT2D eigenvalue weighted by Crippen LogP contribution is 2.37. The van der Waals surface area contributed by atoms with E-state index in [1.54, 1.807) is 0 Å². The highest BCUT2D eigenvalue weighted by molar-refractivity contribution is 5.91. The second-order valence-corrected chi connectivity index (χ2v) is 6.48. The number of carboxylic acids is 1. The SMILES string of the molecule is CC1(C)CCCC1NC(=O)N1CCNC(=O)C1CC(=O)O. The molecule has 1 saturated heterocycles. The Labute approximate surface area is 124 Å². The van der Waals surface area contributed by atoms with E-state index in [1.807, 2.05) is 0 Å². The first-order valence-electron chi connectivity index (χ1n) is 7.38. The molecule has 0 bridgehead atoms. The first-order valence-corrected chi connectivity index (χ1v) is 7.38. The number of piperazine rings is 1. The minimum Gasteiger partial charge on any atom is -0.481 e. The molecular weight excluding hydrogens is 274 g/mol. The van der Waals surface area contributed by atoms with Gasteiger partial charge in [-0.05, 0) is 18.3 Å². The number of amides is 3. The smallest absolute Gasteiger partial charge is 0.318 e. The van der Waals surface area contributed by atoms with E-state index in [0.717, 1.165) is 19.3 Å². The Hall–Kier alpha value is -1.79. The number of aliphatic carboxylic acids is 1. The number of carboxylic acid groups (broad SMARTS) is 1. The van der Waals surface area contributed by atoms with Gasteiger partial charge in [0.15, 0.2) is 0 Å². The first kappa shape index (κ1) is 15.6. The zero-order chi connectivity index (χ0) is 15.6. The van der Waals surface area contributed by atoms with Crippen LogP contribution in [0, 0.1) is 5.41 Å². The van der Waals surface area contributed by atoms with E-state index in [9.17, 15) is 14.4 Å². The van der Waals surface area contributed by atoms with Gasteiger partial charge in [0.1, 0.15) is 6.04 Å². The topological polar surface area (TPSA) is 98.7 Å². The Morgan fingerprint density at radius 2 is 2.19 bits per heavy atom. The van der Waals surface area contributed by atoms with Crippen LogP contribution >= 0.6 is 0 Å². The molecule has 2 rings (SSSR count). The van der Waals surface area contributed by atoms with Gasteiger partial charge >= 0.3 is 12.0 Å². The van der Waals surface area contributed by atoms with Crippen molar-refractivity contribution in [3.05, 3.63) is 0 Å². The lowest BCUT2D eigenvalue weighted by molar-refractivity contribution is -0.142. The Balaban J connectivity index is 2.05. The second kappa shape index (κ2) is 5.91. The third-order valence-electron chi connectivity index (χ3n) is 4.51. The summed E-state index contributed by atoms with van der Waals surface area (Å²) in [5.74, 6) is -1.49. The van der Waals surface area contributed by atoms with Crippen LogP contribution in [-0.2, 0) is 9.59 Å². The van der Waals surface area contributed by atoms with Crippen molar-refractivity contribution in [1.82, 2.24) is 15.5 Å². The van der Waals surface area contributed by atoms with Crippen LogP contribution in [0.2, 0.25) is 0 Å². The lowest BCUT2D eigenvalue weighted by Gasteiger charge is -2.36. The molecular formula is C14H23N3O4. The van der Waals surface area contributed by atoms with Gasteiger partial charge in [0.05, 0.1) is 6.42 Å². The van der Waals surface area contributed by atoms with E-state index in [0.29, 0.717) is 13.1 Å². The van der Waals surface area contributed by atoms with Crippen LogP contribution < -0.4 is 10.6 Å². The highest BCUT2D eigenvalue weighted by Gasteiger charge is 2.39. The molecule has 3 amide bonds. The maximum absolute atomic E-state index is 12.4. The van der Waals surface area contributed by atoms with E-state index < -0.39 is 17.9 Å². The number of nitrogens with one attached hydrogen (secondary N) is 2. The van der Waals surface area contributed by atoms with Crippen molar-refractivity contribution in [2.45, 2.75) is 51.6 Å². The molecule has 1 aliphatic heterocycles. The van der Waals surface area contributed by atoms with Crippen molar-refractivity contribution in [2.75, 3.05) is 13.1 Å². The van der Waals surface area contributed by atoms with Gasteiger partial charge in [0.2, 0.25) is 5.91 Å². The number of rotatable bonds is 3. The molecule has 0 aromatic heterocycles. The van der Waals surface area contributed by atoms with Gasteiger partial charge < -0.3 is 20.6 Å². The van der Waals surface area contributed by atoms with Gasteiger partial charge in [-0.25, -0.2) is 4.79 Å². The molecule has 2 unspecified atom stereocenters. The number of hydrogen-bond donors (Lipinski definition) is 3. The zero-order valence-electron chi connectivity index (χ0n) is 12.5. The van der Waals surface area contributed by atoms with Crippen LogP contribution in [0.25, 0.3) is 0 Å². The van der Waals surface area contributed by atoms with E-state index in [2.05, 4.69) is 24.5 Å². The minimum atomic E-state index is -1.09. The average Bonchev–Trinajstić information content (AvgIpc) is 2.70. The van der Waals surface area contributed by atoms with Crippen molar-refractivity contribution < 1.29 is 19.5 Å². The number of carbonyl (C=O) groups is 3. The van der Waals surface area contributed by atoms with Gasteiger partial charge in [0.25, 0.3) is 0 Å². The monoisotopic (exact) mass is 297 g/mol. The summed E-state index contributed by atoms with van der Waals surface area (Å²) in [5, 5.41) is 14.5. The van der Waals surface area contributed by atoms with Gasteiger partial charge in [-0.2, -0.15) is 0 Å². The summed E-state index contributed by atoms with van der Waals surface area (Å²) in [6, 6.07) is -1.20. The predicted octanol–water partition coefficient (Wildman–Crippen LogP) is 0.550. The van der Waals surface area contributed by atoms with Crippen LogP contribution in [0.5, 0.6) is 0 Å². The van der Waals surface area contributed by atoms with E-state index in [1.165, 1.54) is 4.90 Å². The molecule has 1 aliphatic carbocycles. The fourth-order valence-electron chi connectivity index (χ4n) is 3.15. The lowest BCUT2D eigenvalue weighted by Crippen LogP contribution is -2.61. The number of carbonyl (C=O) groups excluding carboxylic acids is 2. The average molecular weight is 297 g/mol. The van der Waals surface area contributed by atoms with E-state index in [-0.39, 0.29) is 23.9 Å². The van der Waals surface area contributed by atoms with E-state index >= 15 is 0 Å². The highest BCUT2D eigenvalue weighted by atomic mass is 16.4. The first-order chi connectivity index (χ1) is 9.81. The molecule has 21 heavy (non-hydrogen) atoms. The van der Waals surface area contributed by atoms with Gasteiger partial charge in [-0.3, -0.25) is 9.59 Å². The predicted molar refractivity (Wildman–Crippen MR) is 75.7 cm³/mol. The van der Waals surface area contributed by atoms with E-state index in [4.69, 9.17) is 5.11 Å². The third-order valence-corrected chi connectivity index (χ3v) is 4.51. The van der Waals surface area contributed by atoms with Gasteiger partial charge in [-0.15, -0.1) is 0 Å². The van der Waals surface area contributed by atoms with Crippen LogP contribution in [0.1, 0.15) is 39.5 Å². The summed E-state index contributed by atoms with van der Waals surface area (Å²) in [6.45, 7) is 4.92. The minimum absolute atomic E-state index is 0.0377. The molecule has 2 aliphatic rings. The zero-order valence-corrected chi connectivity index (χ0v) is 12.5. The summed E-state index contributed by atoms with van der Waals surface area (Å²) in [4.78, 5) is 36.5. The Bertz CT molecular complexity index is 450. The van der Waals surface area contributed by atoms with Crippen molar-refractivity contribution in [2.24, 2.45) is 5.41 Å². The molecule has 0 radical (unpaired) electrons. The molecule has 7 nitrogen and oxygen atoms in total. The van der Waals surface area contributed by atoms with Gasteiger partial charge in [0, 0.05) is 19.1 Å². The summed E-state index contributed by atoms with van der Waals surface area (Å²) in [7, 11) is 0. The molecule has 2 fully saturated rings. The van der Waals surface area contributed by atoms with Crippen LogP contribution in [0.15, 0.2) is 0 Å². The van der Waals surface area contributed by atoms with Crippen LogP contribution in [0.3, 0.4) is 0 Å². The fraction of sp³-hybridized carbons (Fsp3) is 0.786. The van der Waals surface area contributed by atoms with Crippen LogP contribution in [-0.4, -0.2) is 53.1 Å². The van der Waals surface area contributed by atoms with Crippen LogP contribution in [0.4, 0.5) is 4.79 Å². The normalized spacial score (nSPS) is 28.1. The number of hydrogen-bond acceptors (Lipinski definition) is 3. The molecule has 1 saturated carbocycles. The molecule has 0 spiro atoms. The summed E-state index contributed by atoms with van der Waals surface area (Å²) in [6.07, 6.45) is 2.67. The summed E-state index contributed by atoms with van der Waals surface area (Å²) in [5.41, 5.74) is 0.0377. The summed E-state index contributed by atoms with van der Waals surface area (Å²) >= 11 is 0. The molecule has 7 heteroatoms. The molecule has 0 aromatic carbocycles. The Morgan fingerprint density at radius 3 is 2.76 bits per heavy atom. The maximum atomic E-state index is 12.4. The third kappa shape index (κ3) is 3.46. The molecule has 1 heterocycles. The largest absolute Gasteiger partial charge is 0.481 e. The summed E-state index contributed by atoms with van der Waals surface area (Å²) < 4.78 is 0. The molecule has 118 valence electrons. The quantitative estimate of drug-likeness (QED) is 0.708. The molecule has 2 atom stereocenters.